The number of methoxy groups -OCH3 is 2. The number of fused-ring (bicyclic) bond motifs is 1. The Bertz CT molecular complexity index is 1230. The van der Waals surface area contributed by atoms with E-state index in [2.05, 4.69) is 41.8 Å². The third kappa shape index (κ3) is 3.84. The Balaban J connectivity index is 1.64. The van der Waals surface area contributed by atoms with Crippen molar-refractivity contribution >= 4 is 17.2 Å². The van der Waals surface area contributed by atoms with Gasteiger partial charge in [-0.25, -0.2) is 0 Å². The Kier molecular flexibility index (Phi) is 5.55. The van der Waals surface area contributed by atoms with Gasteiger partial charge in [0.2, 0.25) is 0 Å². The molecule has 0 fully saturated rings. The van der Waals surface area contributed by atoms with Gasteiger partial charge in [0, 0.05) is 23.3 Å². The smallest absolute Gasteiger partial charge is 0.166 e. The van der Waals surface area contributed by atoms with Crippen LogP contribution < -0.4 is 20.1 Å². The van der Waals surface area contributed by atoms with Crippen LogP contribution in [0, 0.1) is 6.92 Å². The molecule has 0 saturated carbocycles. The fraction of sp³-hybridized carbons (Fsp3) is 0.250. The molecule has 2 atom stereocenters. The van der Waals surface area contributed by atoms with Gasteiger partial charge in [-0.05, 0) is 43.0 Å². The first-order valence-electron chi connectivity index (χ1n) is 11.2. The van der Waals surface area contributed by atoms with E-state index in [4.69, 9.17) is 9.47 Å². The standard InChI is InChI=1S/C28H28N2O3/c1-17-11-13-18(14-12-17)19-15-23-26(24(31)16-19)27(30-22-9-5-4-8-21(22)29-23)20-7-6-10-25(32-2)28(20)33-3/h4-14,19,27,29-30H,15-16H2,1-3H3. The van der Waals surface area contributed by atoms with Gasteiger partial charge < -0.3 is 20.1 Å². The van der Waals surface area contributed by atoms with E-state index in [1.165, 1.54) is 11.1 Å². The summed E-state index contributed by atoms with van der Waals surface area (Å²) in [5, 5.41) is 7.21. The first-order valence-corrected chi connectivity index (χ1v) is 11.2. The number of aryl methyl sites for hydroxylation is 1. The Labute approximate surface area is 194 Å². The molecule has 2 unspecified atom stereocenters. The Hall–Kier alpha value is -3.73. The van der Waals surface area contributed by atoms with Gasteiger partial charge in [-0.3, -0.25) is 4.79 Å². The lowest BCUT2D eigenvalue weighted by Crippen LogP contribution is -2.27. The number of rotatable bonds is 4. The van der Waals surface area contributed by atoms with Crippen LogP contribution in [-0.4, -0.2) is 20.0 Å². The molecule has 0 bridgehead atoms. The molecule has 168 valence electrons. The summed E-state index contributed by atoms with van der Waals surface area (Å²) in [6.07, 6.45) is 1.24. The van der Waals surface area contributed by atoms with Gasteiger partial charge >= 0.3 is 0 Å². The predicted octanol–water partition coefficient (Wildman–Crippen LogP) is 5.99. The number of hydrogen-bond acceptors (Lipinski definition) is 5. The third-order valence-corrected chi connectivity index (χ3v) is 6.60. The number of carbonyl (C=O) groups is 1. The van der Waals surface area contributed by atoms with Crippen LogP contribution in [0.2, 0.25) is 0 Å². The fourth-order valence-corrected chi connectivity index (χ4v) is 4.94. The molecule has 0 radical (unpaired) electrons. The molecule has 2 aliphatic rings. The highest BCUT2D eigenvalue weighted by atomic mass is 16.5. The summed E-state index contributed by atoms with van der Waals surface area (Å²) in [7, 11) is 3.26. The molecule has 1 aliphatic carbocycles. The Morgan fingerprint density at radius 2 is 1.61 bits per heavy atom. The second-order valence-corrected chi connectivity index (χ2v) is 8.66. The lowest BCUT2D eigenvalue weighted by Gasteiger charge is -2.30. The van der Waals surface area contributed by atoms with Crippen LogP contribution in [0.5, 0.6) is 11.5 Å². The maximum atomic E-state index is 13.7. The minimum Gasteiger partial charge on any atom is -0.493 e. The quantitative estimate of drug-likeness (QED) is 0.522. The monoisotopic (exact) mass is 440 g/mol. The summed E-state index contributed by atoms with van der Waals surface area (Å²) in [6.45, 7) is 2.08. The molecule has 3 aromatic rings. The van der Waals surface area contributed by atoms with Crippen molar-refractivity contribution in [3.05, 3.63) is 94.7 Å². The summed E-state index contributed by atoms with van der Waals surface area (Å²) in [4.78, 5) is 13.7. The Morgan fingerprint density at radius 1 is 0.848 bits per heavy atom. The largest absolute Gasteiger partial charge is 0.493 e. The molecule has 1 aliphatic heterocycles. The summed E-state index contributed by atoms with van der Waals surface area (Å²) >= 11 is 0. The highest BCUT2D eigenvalue weighted by Gasteiger charge is 2.37. The molecule has 33 heavy (non-hydrogen) atoms. The molecular weight excluding hydrogens is 412 g/mol. The molecule has 0 amide bonds. The van der Waals surface area contributed by atoms with Crippen LogP contribution in [0.1, 0.15) is 41.5 Å². The van der Waals surface area contributed by atoms with Gasteiger partial charge in [-0.1, -0.05) is 54.1 Å². The minimum atomic E-state index is -0.354. The number of allylic oxidation sites excluding steroid dienone is 1. The third-order valence-electron chi connectivity index (χ3n) is 6.60. The average Bonchev–Trinajstić information content (AvgIpc) is 3.00. The first kappa shape index (κ1) is 21.1. The minimum absolute atomic E-state index is 0.141. The second-order valence-electron chi connectivity index (χ2n) is 8.66. The van der Waals surface area contributed by atoms with E-state index in [9.17, 15) is 4.79 Å². The molecule has 5 rings (SSSR count). The van der Waals surface area contributed by atoms with Crippen LogP contribution in [0.25, 0.3) is 0 Å². The highest BCUT2D eigenvalue weighted by Crippen LogP contribution is 2.47. The second kappa shape index (κ2) is 8.66. The molecule has 5 nitrogen and oxygen atoms in total. The van der Waals surface area contributed by atoms with E-state index in [1.54, 1.807) is 14.2 Å². The first-order chi connectivity index (χ1) is 16.1. The molecule has 0 saturated heterocycles. The van der Waals surface area contributed by atoms with Crippen LogP contribution >= 0.6 is 0 Å². The van der Waals surface area contributed by atoms with Crippen molar-refractivity contribution in [2.24, 2.45) is 0 Å². The SMILES string of the molecule is COc1cccc(C2Nc3ccccc3NC3=C2C(=O)CC(c2ccc(C)cc2)C3)c1OC. The zero-order valence-electron chi connectivity index (χ0n) is 19.1. The molecule has 0 spiro atoms. The summed E-state index contributed by atoms with van der Waals surface area (Å²) in [5.41, 5.74) is 6.93. The number of nitrogens with one attached hydrogen (secondary N) is 2. The van der Waals surface area contributed by atoms with E-state index in [1.807, 2.05) is 42.5 Å². The lowest BCUT2D eigenvalue weighted by molar-refractivity contribution is -0.116. The van der Waals surface area contributed by atoms with Crippen molar-refractivity contribution in [2.45, 2.75) is 31.7 Å². The van der Waals surface area contributed by atoms with Crippen LogP contribution in [-0.2, 0) is 4.79 Å². The van der Waals surface area contributed by atoms with E-state index >= 15 is 0 Å². The highest BCUT2D eigenvalue weighted by molar-refractivity contribution is 6.01. The number of Topliss-reactive ketones (excluding diaryl/α,β-unsaturated/α-hetero) is 1. The van der Waals surface area contributed by atoms with Crippen LogP contribution in [0.3, 0.4) is 0 Å². The van der Waals surface area contributed by atoms with Gasteiger partial charge in [0.05, 0.1) is 31.6 Å². The van der Waals surface area contributed by atoms with E-state index < -0.39 is 0 Å². The summed E-state index contributed by atoms with van der Waals surface area (Å²) in [5.74, 6) is 1.56. The number of ether oxygens (including phenoxy) is 2. The number of para-hydroxylation sites is 3. The van der Waals surface area contributed by atoms with Crippen LogP contribution in [0.4, 0.5) is 11.4 Å². The molecule has 5 heteroatoms. The number of ketones is 1. The average molecular weight is 441 g/mol. The molecule has 3 aromatic carbocycles. The van der Waals surface area contributed by atoms with Crippen molar-refractivity contribution in [1.29, 1.82) is 0 Å². The van der Waals surface area contributed by atoms with Crippen molar-refractivity contribution in [3.8, 4) is 11.5 Å². The van der Waals surface area contributed by atoms with Gasteiger partial charge in [-0.2, -0.15) is 0 Å². The predicted molar refractivity (Wildman–Crippen MR) is 131 cm³/mol. The normalized spacial score (nSPS) is 19.5. The summed E-state index contributed by atoms with van der Waals surface area (Å²) < 4.78 is 11.3. The van der Waals surface area contributed by atoms with Crippen molar-refractivity contribution in [2.75, 3.05) is 24.9 Å². The van der Waals surface area contributed by atoms with Crippen molar-refractivity contribution in [3.63, 3.8) is 0 Å². The Morgan fingerprint density at radius 3 is 2.33 bits per heavy atom. The van der Waals surface area contributed by atoms with Gasteiger partial charge in [0.1, 0.15) is 0 Å². The number of hydrogen-bond donors (Lipinski definition) is 2. The molecule has 1 heterocycles. The van der Waals surface area contributed by atoms with Crippen LogP contribution in [0.15, 0.2) is 78.0 Å². The maximum absolute atomic E-state index is 13.7. The van der Waals surface area contributed by atoms with Gasteiger partial charge in [0.15, 0.2) is 17.3 Å². The van der Waals surface area contributed by atoms with E-state index in [0.29, 0.717) is 17.9 Å². The fourth-order valence-electron chi connectivity index (χ4n) is 4.94. The zero-order chi connectivity index (χ0) is 22.9. The zero-order valence-corrected chi connectivity index (χ0v) is 19.1. The van der Waals surface area contributed by atoms with Gasteiger partial charge in [0.25, 0.3) is 0 Å². The van der Waals surface area contributed by atoms with Gasteiger partial charge in [-0.15, -0.1) is 0 Å². The number of carbonyl (C=O) groups excluding carboxylic acids is 1. The summed E-state index contributed by atoms with van der Waals surface area (Å²) in [6, 6.07) is 22.0. The molecule has 2 N–H and O–H groups in total. The van der Waals surface area contributed by atoms with Crippen molar-refractivity contribution in [1.82, 2.24) is 0 Å². The number of anilines is 2. The van der Waals surface area contributed by atoms with E-state index in [-0.39, 0.29) is 17.7 Å². The van der Waals surface area contributed by atoms with Crippen molar-refractivity contribution < 1.29 is 14.3 Å². The number of benzene rings is 3. The molecule has 0 aromatic heterocycles. The van der Waals surface area contributed by atoms with E-state index in [0.717, 1.165) is 34.6 Å². The topological polar surface area (TPSA) is 59.6 Å². The molecular formula is C28H28N2O3. The lowest BCUT2D eigenvalue weighted by atomic mass is 9.78. The maximum Gasteiger partial charge on any atom is 0.166 e.